The van der Waals surface area contributed by atoms with E-state index in [4.69, 9.17) is 6.42 Å². The van der Waals surface area contributed by atoms with Crippen LogP contribution in [0.4, 0.5) is 4.39 Å². The van der Waals surface area contributed by atoms with E-state index in [1.807, 2.05) is 13.0 Å². The van der Waals surface area contributed by atoms with E-state index in [-0.39, 0.29) is 11.3 Å². The van der Waals surface area contributed by atoms with Crippen LogP contribution in [0.15, 0.2) is 11.6 Å². The van der Waals surface area contributed by atoms with Crippen LogP contribution >= 0.6 is 0 Å². The molecule has 0 aliphatic heterocycles. The molecule has 3 fully saturated rings. The van der Waals surface area contributed by atoms with E-state index in [0.29, 0.717) is 24.7 Å². The minimum Gasteiger partial charge on any atom is -0.390 e. The van der Waals surface area contributed by atoms with Crippen molar-refractivity contribution in [3.63, 3.8) is 0 Å². The average molecular weight is 348 g/mol. The zero-order valence-electron chi connectivity index (χ0n) is 15.1. The highest BCUT2D eigenvalue weighted by atomic mass is 19.1. The molecule has 0 unspecified atom stereocenters. The molecule has 3 nitrogen and oxygen atoms in total. The van der Waals surface area contributed by atoms with Crippen LogP contribution in [0, 0.1) is 40.9 Å². The van der Waals surface area contributed by atoms with Gasteiger partial charge in [-0.3, -0.25) is 0 Å². The van der Waals surface area contributed by atoms with E-state index in [1.54, 1.807) is 0 Å². The SMILES string of the molecule is C#C[C@]1(O)[C@H](O)C[C@H]2[C@@H]3CC=C4[C@@H](F)[C@H](O)CC[C@]4(C)[C@H]3CC[C@@]21C. The van der Waals surface area contributed by atoms with Crippen molar-refractivity contribution in [1.82, 2.24) is 0 Å². The number of hydrogen-bond donors (Lipinski definition) is 3. The first-order valence-electron chi connectivity index (χ1n) is 9.60. The molecular weight excluding hydrogens is 319 g/mol. The summed E-state index contributed by atoms with van der Waals surface area (Å²) >= 11 is 0. The Hall–Kier alpha value is -0.890. The van der Waals surface area contributed by atoms with Gasteiger partial charge in [-0.25, -0.2) is 4.39 Å². The Bertz CT molecular complexity index is 654. The Morgan fingerprint density at radius 1 is 1.20 bits per heavy atom. The monoisotopic (exact) mass is 348 g/mol. The third-order valence-corrected chi connectivity index (χ3v) is 8.56. The molecule has 0 spiro atoms. The first kappa shape index (κ1) is 17.5. The largest absolute Gasteiger partial charge is 0.390 e. The number of hydrogen-bond acceptors (Lipinski definition) is 3. The fourth-order valence-corrected chi connectivity index (χ4v) is 6.96. The van der Waals surface area contributed by atoms with Crippen molar-refractivity contribution in [2.45, 2.75) is 76.4 Å². The van der Waals surface area contributed by atoms with Crippen molar-refractivity contribution >= 4 is 0 Å². The predicted molar refractivity (Wildman–Crippen MR) is 93.2 cm³/mol. The maximum Gasteiger partial charge on any atom is 0.156 e. The lowest BCUT2D eigenvalue weighted by atomic mass is 9.47. The van der Waals surface area contributed by atoms with Crippen LogP contribution < -0.4 is 0 Å². The minimum atomic E-state index is -1.47. The van der Waals surface area contributed by atoms with Crippen LogP contribution in [-0.4, -0.2) is 39.3 Å². The molecule has 25 heavy (non-hydrogen) atoms. The summed E-state index contributed by atoms with van der Waals surface area (Å²) in [5.74, 6) is 3.26. The van der Waals surface area contributed by atoms with Crippen LogP contribution in [0.25, 0.3) is 0 Å². The lowest BCUT2D eigenvalue weighted by Gasteiger charge is -2.58. The third kappa shape index (κ3) is 1.98. The topological polar surface area (TPSA) is 60.7 Å². The molecule has 0 radical (unpaired) electrons. The second-order valence-electron chi connectivity index (χ2n) is 9.32. The molecule has 3 N–H and O–H groups in total. The number of aliphatic hydroxyl groups is 3. The zero-order valence-corrected chi connectivity index (χ0v) is 15.1. The third-order valence-electron chi connectivity index (χ3n) is 8.56. The lowest BCUT2D eigenvalue weighted by molar-refractivity contribution is -0.121. The van der Waals surface area contributed by atoms with Gasteiger partial charge in [0, 0.05) is 5.41 Å². The normalized spacial score (nSPS) is 57.7. The summed E-state index contributed by atoms with van der Waals surface area (Å²) in [6.07, 6.45) is 8.78. The number of halogens is 1. The van der Waals surface area contributed by atoms with Crippen LogP contribution in [0.5, 0.6) is 0 Å². The number of allylic oxidation sites excluding steroid dienone is 1. The van der Waals surface area contributed by atoms with Crippen molar-refractivity contribution in [2.24, 2.45) is 28.6 Å². The molecule has 4 aliphatic rings. The molecule has 0 aromatic carbocycles. The van der Waals surface area contributed by atoms with E-state index in [1.165, 1.54) is 0 Å². The van der Waals surface area contributed by atoms with Crippen molar-refractivity contribution in [2.75, 3.05) is 0 Å². The smallest absolute Gasteiger partial charge is 0.156 e. The van der Waals surface area contributed by atoms with Crippen molar-refractivity contribution in [3.8, 4) is 12.3 Å². The van der Waals surface area contributed by atoms with Crippen molar-refractivity contribution in [3.05, 3.63) is 11.6 Å². The van der Waals surface area contributed by atoms with Gasteiger partial charge in [-0.1, -0.05) is 25.8 Å². The molecule has 9 atom stereocenters. The summed E-state index contributed by atoms with van der Waals surface area (Å²) in [5, 5.41) is 31.4. The summed E-state index contributed by atoms with van der Waals surface area (Å²) in [5.41, 5.74) is -1.42. The zero-order chi connectivity index (χ0) is 18.2. The van der Waals surface area contributed by atoms with E-state index >= 15 is 0 Å². The van der Waals surface area contributed by atoms with E-state index in [2.05, 4.69) is 12.8 Å². The van der Waals surface area contributed by atoms with Crippen molar-refractivity contribution in [1.29, 1.82) is 0 Å². The summed E-state index contributed by atoms with van der Waals surface area (Å²) in [4.78, 5) is 0. The highest BCUT2D eigenvalue weighted by molar-refractivity contribution is 5.32. The van der Waals surface area contributed by atoms with E-state index < -0.39 is 29.4 Å². The molecule has 3 saturated carbocycles. The second-order valence-corrected chi connectivity index (χ2v) is 9.32. The minimum absolute atomic E-state index is 0.141. The van der Waals surface area contributed by atoms with Gasteiger partial charge in [0.2, 0.25) is 0 Å². The summed E-state index contributed by atoms with van der Waals surface area (Å²) < 4.78 is 14.7. The van der Waals surface area contributed by atoms with Gasteiger partial charge < -0.3 is 15.3 Å². The number of aliphatic hydroxyl groups excluding tert-OH is 2. The number of rotatable bonds is 0. The van der Waals surface area contributed by atoms with Crippen molar-refractivity contribution < 1.29 is 19.7 Å². The van der Waals surface area contributed by atoms with Gasteiger partial charge in [0.25, 0.3) is 0 Å². The molecule has 0 bridgehead atoms. The predicted octanol–water partition coefficient (Wildman–Crippen LogP) is 2.59. The van der Waals surface area contributed by atoms with Gasteiger partial charge >= 0.3 is 0 Å². The van der Waals surface area contributed by atoms with Crippen LogP contribution in [0.3, 0.4) is 0 Å². The van der Waals surface area contributed by atoms with Gasteiger partial charge in [-0.05, 0) is 67.3 Å². The van der Waals surface area contributed by atoms with Crippen LogP contribution in [0.2, 0.25) is 0 Å². The molecule has 138 valence electrons. The van der Waals surface area contributed by atoms with E-state index in [0.717, 1.165) is 31.3 Å². The number of fused-ring (bicyclic) bond motifs is 5. The average Bonchev–Trinajstić information content (AvgIpc) is 2.79. The Kier molecular flexibility index (Phi) is 3.72. The van der Waals surface area contributed by atoms with Gasteiger partial charge in [0.05, 0.1) is 12.2 Å². The summed E-state index contributed by atoms with van der Waals surface area (Å²) in [7, 11) is 0. The summed E-state index contributed by atoms with van der Waals surface area (Å²) in [6.45, 7) is 4.17. The Balaban J connectivity index is 1.73. The highest BCUT2D eigenvalue weighted by Gasteiger charge is 2.67. The fourth-order valence-electron chi connectivity index (χ4n) is 6.96. The Morgan fingerprint density at radius 2 is 1.92 bits per heavy atom. The maximum absolute atomic E-state index is 14.7. The first-order chi connectivity index (χ1) is 11.7. The summed E-state index contributed by atoms with van der Waals surface area (Å²) in [6, 6.07) is 0. The second kappa shape index (κ2) is 5.31. The van der Waals surface area contributed by atoms with Gasteiger partial charge in [-0.15, -0.1) is 6.42 Å². The van der Waals surface area contributed by atoms with Crippen LogP contribution in [-0.2, 0) is 0 Å². The number of terminal acetylenes is 1. The van der Waals surface area contributed by atoms with Gasteiger partial charge in [0.15, 0.2) is 5.60 Å². The standard InChI is InChI=1S/C21H29FO3/c1-4-21(25)17(24)11-15-12-5-6-14-18(22)16(23)8-9-19(14,2)13(12)7-10-20(15,21)3/h1,6,12-13,15-18,23-25H,5,7-11H2,2-3H3/t12-,13+,15+,16-,17-,18-,19-,20+,21+/m1/s1. The lowest BCUT2D eigenvalue weighted by Crippen LogP contribution is -2.56. The first-order valence-corrected chi connectivity index (χ1v) is 9.60. The molecule has 0 aromatic heterocycles. The quantitative estimate of drug-likeness (QED) is 0.466. The highest BCUT2D eigenvalue weighted by Crippen LogP contribution is 2.67. The van der Waals surface area contributed by atoms with Gasteiger partial charge in [-0.2, -0.15) is 0 Å². The molecule has 0 saturated heterocycles. The molecule has 0 aromatic rings. The Morgan fingerprint density at radius 3 is 2.60 bits per heavy atom. The number of alkyl halides is 1. The fraction of sp³-hybridized carbons (Fsp3) is 0.810. The molecule has 0 heterocycles. The molecule has 4 heteroatoms. The Labute approximate surface area is 149 Å². The molecular formula is C21H29FO3. The maximum atomic E-state index is 14.7. The van der Waals surface area contributed by atoms with E-state index in [9.17, 15) is 19.7 Å². The molecule has 0 amide bonds. The molecule has 4 rings (SSSR count). The van der Waals surface area contributed by atoms with Crippen LogP contribution in [0.1, 0.15) is 52.4 Å². The molecule has 4 aliphatic carbocycles. The van der Waals surface area contributed by atoms with Gasteiger partial charge in [0.1, 0.15) is 6.17 Å².